The predicted octanol–water partition coefficient (Wildman–Crippen LogP) is 1.33. The maximum absolute atomic E-state index is 12.3. The molecule has 1 atom stereocenters. The smallest absolute Gasteiger partial charge is 0.321 e. The lowest BCUT2D eigenvalue weighted by atomic mass is 10.1. The summed E-state index contributed by atoms with van der Waals surface area (Å²) in [6.45, 7) is 12.1. The highest BCUT2D eigenvalue weighted by molar-refractivity contribution is 5.97. The average molecular weight is 340 g/mol. The molecule has 0 aromatic rings. The number of hydrogen-bond acceptors (Lipinski definition) is 4. The van der Waals surface area contributed by atoms with Crippen LogP contribution in [0, 0.1) is 0 Å². The van der Waals surface area contributed by atoms with Crippen molar-refractivity contribution in [2.75, 3.05) is 26.2 Å². The van der Waals surface area contributed by atoms with Gasteiger partial charge in [0.25, 0.3) is 0 Å². The minimum Gasteiger partial charge on any atom is -0.341 e. The second kappa shape index (κ2) is 9.01. The molecule has 1 saturated heterocycles. The van der Waals surface area contributed by atoms with Gasteiger partial charge in [0.05, 0.1) is 6.04 Å². The molecule has 0 spiro atoms. The standard InChI is InChI=1S/C17H32N4O3/c1-6-8-14(22)21-10-7-9-20(11-12-21)13(2)15(23)18-16(24)19-17(3,4)5/h13H,6-12H2,1-5H3,(H2,18,19,23,24)/t13-/m0/s1. The number of urea groups is 1. The summed E-state index contributed by atoms with van der Waals surface area (Å²) < 4.78 is 0. The Labute approximate surface area is 145 Å². The molecule has 2 N–H and O–H groups in total. The molecule has 0 aromatic heterocycles. The fourth-order valence-corrected chi connectivity index (χ4v) is 2.70. The van der Waals surface area contributed by atoms with Crippen LogP contribution in [0.15, 0.2) is 0 Å². The first kappa shape index (κ1) is 20.4. The highest BCUT2D eigenvalue weighted by Crippen LogP contribution is 2.09. The summed E-state index contributed by atoms with van der Waals surface area (Å²) in [5.74, 6) is -0.133. The van der Waals surface area contributed by atoms with Crippen LogP contribution in [0.5, 0.6) is 0 Å². The van der Waals surface area contributed by atoms with Crippen molar-refractivity contribution >= 4 is 17.8 Å². The van der Waals surface area contributed by atoms with E-state index >= 15 is 0 Å². The molecular weight excluding hydrogens is 308 g/mol. The Balaban J connectivity index is 2.52. The van der Waals surface area contributed by atoms with Gasteiger partial charge < -0.3 is 10.2 Å². The third-order valence-corrected chi connectivity index (χ3v) is 4.00. The highest BCUT2D eigenvalue weighted by atomic mass is 16.2. The van der Waals surface area contributed by atoms with Crippen LogP contribution in [0.1, 0.15) is 53.9 Å². The summed E-state index contributed by atoms with van der Waals surface area (Å²) >= 11 is 0. The third-order valence-electron chi connectivity index (χ3n) is 4.00. The molecule has 7 heteroatoms. The Morgan fingerprint density at radius 3 is 2.33 bits per heavy atom. The van der Waals surface area contributed by atoms with Crippen molar-refractivity contribution in [2.24, 2.45) is 0 Å². The summed E-state index contributed by atoms with van der Waals surface area (Å²) in [7, 11) is 0. The molecule has 7 nitrogen and oxygen atoms in total. The molecule has 4 amide bonds. The van der Waals surface area contributed by atoms with Crippen LogP contribution in [0.25, 0.3) is 0 Å². The van der Waals surface area contributed by atoms with E-state index in [4.69, 9.17) is 0 Å². The molecule has 1 fully saturated rings. The van der Waals surface area contributed by atoms with E-state index in [1.54, 1.807) is 6.92 Å². The maximum Gasteiger partial charge on any atom is 0.321 e. The van der Waals surface area contributed by atoms with E-state index in [0.717, 1.165) is 25.9 Å². The molecule has 138 valence electrons. The lowest BCUT2D eigenvalue weighted by Gasteiger charge is -2.27. The first-order chi connectivity index (χ1) is 11.1. The number of amides is 4. The van der Waals surface area contributed by atoms with E-state index in [1.807, 2.05) is 37.5 Å². The van der Waals surface area contributed by atoms with Crippen molar-refractivity contribution in [3.05, 3.63) is 0 Å². The van der Waals surface area contributed by atoms with E-state index in [0.29, 0.717) is 19.5 Å². The third kappa shape index (κ3) is 6.86. The molecule has 0 aromatic carbocycles. The monoisotopic (exact) mass is 340 g/mol. The minimum absolute atomic E-state index is 0.181. The van der Waals surface area contributed by atoms with Crippen molar-refractivity contribution in [1.82, 2.24) is 20.4 Å². The fraction of sp³-hybridized carbons (Fsp3) is 0.824. The van der Waals surface area contributed by atoms with Gasteiger partial charge in [-0.2, -0.15) is 0 Å². The topological polar surface area (TPSA) is 81.8 Å². The van der Waals surface area contributed by atoms with E-state index < -0.39 is 17.6 Å². The van der Waals surface area contributed by atoms with Gasteiger partial charge in [0.2, 0.25) is 11.8 Å². The Hall–Kier alpha value is -1.63. The van der Waals surface area contributed by atoms with Gasteiger partial charge in [0, 0.05) is 38.1 Å². The van der Waals surface area contributed by atoms with Crippen molar-refractivity contribution in [3.63, 3.8) is 0 Å². The molecule has 0 bridgehead atoms. The zero-order valence-electron chi connectivity index (χ0n) is 15.6. The molecule has 0 radical (unpaired) electrons. The van der Waals surface area contributed by atoms with Gasteiger partial charge in [-0.1, -0.05) is 6.92 Å². The minimum atomic E-state index is -0.478. The van der Waals surface area contributed by atoms with E-state index in [9.17, 15) is 14.4 Å². The Bertz CT molecular complexity index is 459. The summed E-state index contributed by atoms with van der Waals surface area (Å²) in [4.78, 5) is 40.0. The van der Waals surface area contributed by atoms with E-state index in [2.05, 4.69) is 10.6 Å². The second-order valence-corrected chi connectivity index (χ2v) is 7.39. The van der Waals surface area contributed by atoms with Gasteiger partial charge in [-0.05, 0) is 40.5 Å². The second-order valence-electron chi connectivity index (χ2n) is 7.39. The van der Waals surface area contributed by atoms with Crippen LogP contribution in [0.2, 0.25) is 0 Å². The first-order valence-electron chi connectivity index (χ1n) is 8.79. The van der Waals surface area contributed by atoms with E-state index in [1.165, 1.54) is 0 Å². The molecule has 24 heavy (non-hydrogen) atoms. The summed E-state index contributed by atoms with van der Waals surface area (Å²) in [6, 6.07) is -0.883. The number of nitrogens with zero attached hydrogens (tertiary/aromatic N) is 2. The fourth-order valence-electron chi connectivity index (χ4n) is 2.70. The first-order valence-corrected chi connectivity index (χ1v) is 8.79. The zero-order valence-corrected chi connectivity index (χ0v) is 15.6. The molecule has 1 heterocycles. The number of imide groups is 1. The summed E-state index contributed by atoms with van der Waals surface area (Å²) in [6.07, 6.45) is 2.25. The van der Waals surface area contributed by atoms with Crippen LogP contribution in [-0.4, -0.2) is 65.4 Å². The molecule has 0 unspecified atom stereocenters. The summed E-state index contributed by atoms with van der Waals surface area (Å²) in [5.41, 5.74) is -0.393. The van der Waals surface area contributed by atoms with Gasteiger partial charge in [-0.25, -0.2) is 4.79 Å². The quantitative estimate of drug-likeness (QED) is 0.809. The van der Waals surface area contributed by atoms with Gasteiger partial charge in [-0.3, -0.25) is 19.8 Å². The van der Waals surface area contributed by atoms with Gasteiger partial charge in [0.15, 0.2) is 0 Å². The maximum atomic E-state index is 12.3. The zero-order chi connectivity index (χ0) is 18.3. The predicted molar refractivity (Wildman–Crippen MR) is 93.6 cm³/mol. The summed E-state index contributed by atoms with van der Waals surface area (Å²) in [5, 5.41) is 5.11. The number of rotatable bonds is 4. The molecular formula is C17H32N4O3. The average Bonchev–Trinajstić information content (AvgIpc) is 2.70. The van der Waals surface area contributed by atoms with Gasteiger partial charge in [-0.15, -0.1) is 0 Å². The van der Waals surface area contributed by atoms with Gasteiger partial charge >= 0.3 is 6.03 Å². The van der Waals surface area contributed by atoms with Crippen LogP contribution in [-0.2, 0) is 9.59 Å². The van der Waals surface area contributed by atoms with Crippen molar-refractivity contribution < 1.29 is 14.4 Å². The van der Waals surface area contributed by atoms with Crippen molar-refractivity contribution in [3.8, 4) is 0 Å². The number of carbonyl (C=O) groups excluding carboxylic acids is 3. The Kier molecular flexibility index (Phi) is 7.66. The molecule has 0 aliphatic carbocycles. The normalized spacial score (nSPS) is 17.8. The Morgan fingerprint density at radius 1 is 1.08 bits per heavy atom. The molecule has 1 aliphatic heterocycles. The van der Waals surface area contributed by atoms with Crippen molar-refractivity contribution in [1.29, 1.82) is 0 Å². The largest absolute Gasteiger partial charge is 0.341 e. The SMILES string of the molecule is CCCC(=O)N1CCCN([C@@H](C)C(=O)NC(=O)NC(C)(C)C)CC1. The highest BCUT2D eigenvalue weighted by Gasteiger charge is 2.27. The van der Waals surface area contributed by atoms with Crippen LogP contribution in [0.3, 0.4) is 0 Å². The molecule has 1 aliphatic rings. The molecule has 1 rings (SSSR count). The Morgan fingerprint density at radius 2 is 1.75 bits per heavy atom. The number of nitrogens with one attached hydrogen (secondary N) is 2. The lowest BCUT2D eigenvalue weighted by molar-refractivity contribution is -0.131. The number of carbonyl (C=O) groups is 3. The lowest BCUT2D eigenvalue weighted by Crippen LogP contribution is -2.53. The van der Waals surface area contributed by atoms with Crippen LogP contribution >= 0.6 is 0 Å². The van der Waals surface area contributed by atoms with Crippen LogP contribution in [0.4, 0.5) is 4.79 Å². The van der Waals surface area contributed by atoms with Gasteiger partial charge in [0.1, 0.15) is 0 Å². The molecule has 0 saturated carbocycles. The van der Waals surface area contributed by atoms with Crippen molar-refractivity contribution in [2.45, 2.75) is 65.5 Å². The van der Waals surface area contributed by atoms with Crippen LogP contribution < -0.4 is 10.6 Å². The van der Waals surface area contributed by atoms with E-state index in [-0.39, 0.29) is 11.8 Å². The number of hydrogen-bond donors (Lipinski definition) is 2.